The number of H-pyrrole nitrogens is 1. The molecule has 0 radical (unpaired) electrons. The molecule has 10 heteroatoms. The Morgan fingerprint density at radius 3 is 2.81 bits per heavy atom. The molecule has 1 N–H and O–H groups in total. The van der Waals surface area contributed by atoms with Gasteiger partial charge in [-0.3, -0.25) is 9.89 Å². The Morgan fingerprint density at radius 1 is 1.23 bits per heavy atom. The predicted octanol–water partition coefficient (Wildman–Crippen LogP) is 4.28. The summed E-state index contributed by atoms with van der Waals surface area (Å²) in [7, 11) is 0. The van der Waals surface area contributed by atoms with Gasteiger partial charge < -0.3 is 4.74 Å². The maximum absolute atomic E-state index is 14.6. The van der Waals surface area contributed by atoms with Gasteiger partial charge in [0.1, 0.15) is 22.7 Å². The van der Waals surface area contributed by atoms with Gasteiger partial charge in [0.05, 0.1) is 21.8 Å². The van der Waals surface area contributed by atoms with Crippen LogP contribution in [0.25, 0.3) is 38.0 Å². The van der Waals surface area contributed by atoms with E-state index in [0.717, 1.165) is 0 Å². The Labute approximate surface area is 179 Å². The first kappa shape index (κ1) is 19.1. The summed E-state index contributed by atoms with van der Waals surface area (Å²) >= 11 is 1.33. The van der Waals surface area contributed by atoms with E-state index in [1.54, 1.807) is 41.0 Å². The van der Waals surface area contributed by atoms with Gasteiger partial charge >= 0.3 is 5.97 Å². The van der Waals surface area contributed by atoms with Gasteiger partial charge in [-0.2, -0.15) is 10.2 Å². The lowest BCUT2D eigenvalue weighted by atomic mass is 10.1. The molecule has 0 aliphatic heterocycles. The van der Waals surface area contributed by atoms with Crippen molar-refractivity contribution in [1.82, 2.24) is 29.8 Å². The Balaban J connectivity index is 1.79. The molecule has 0 saturated heterocycles. The molecule has 1 aromatic carbocycles. The Kier molecular flexibility index (Phi) is 4.55. The van der Waals surface area contributed by atoms with Crippen LogP contribution in [0.4, 0.5) is 4.39 Å². The van der Waals surface area contributed by atoms with Gasteiger partial charge in [-0.05, 0) is 31.2 Å². The van der Waals surface area contributed by atoms with Crippen molar-refractivity contribution in [1.29, 1.82) is 0 Å². The van der Waals surface area contributed by atoms with E-state index in [1.807, 2.05) is 6.92 Å². The van der Waals surface area contributed by atoms with Gasteiger partial charge in [-0.1, -0.05) is 12.1 Å². The molecule has 0 fully saturated rings. The molecule has 5 rings (SSSR count). The number of aromatic nitrogens is 6. The average Bonchev–Trinajstić information content (AvgIpc) is 3.45. The van der Waals surface area contributed by atoms with E-state index in [4.69, 9.17) is 9.72 Å². The molecule has 4 aromatic heterocycles. The number of pyridine rings is 1. The molecular formula is C21H15FN6O2S. The summed E-state index contributed by atoms with van der Waals surface area (Å²) in [5.74, 6) is 0.0227. The minimum absolute atomic E-state index is 0.353. The number of aromatic amines is 1. The molecule has 8 nitrogen and oxygen atoms in total. The van der Waals surface area contributed by atoms with Crippen molar-refractivity contribution >= 4 is 22.8 Å². The van der Waals surface area contributed by atoms with Gasteiger partial charge in [-0.25, -0.2) is 18.9 Å². The van der Waals surface area contributed by atoms with Crippen molar-refractivity contribution in [2.45, 2.75) is 13.8 Å². The summed E-state index contributed by atoms with van der Waals surface area (Å²) in [5.41, 5.74) is 2.79. The fourth-order valence-electron chi connectivity index (χ4n) is 3.41. The normalized spacial score (nSPS) is 11.2. The first-order valence-electron chi connectivity index (χ1n) is 9.31. The number of fused-ring (bicyclic) bond motifs is 1. The summed E-state index contributed by atoms with van der Waals surface area (Å²) in [4.78, 5) is 21.3. The summed E-state index contributed by atoms with van der Waals surface area (Å²) in [5, 5.41) is 11.9. The largest absolute Gasteiger partial charge is 0.424 e. The number of hydrogen-bond acceptors (Lipinski definition) is 7. The van der Waals surface area contributed by atoms with Crippen LogP contribution in [0.1, 0.15) is 12.6 Å². The highest BCUT2D eigenvalue weighted by molar-refractivity contribution is 7.19. The topological polar surface area (TPSA) is 98.1 Å². The molecule has 0 bridgehead atoms. The van der Waals surface area contributed by atoms with E-state index >= 15 is 0 Å². The van der Waals surface area contributed by atoms with Crippen LogP contribution in [0.2, 0.25) is 0 Å². The molecule has 154 valence electrons. The van der Waals surface area contributed by atoms with E-state index in [2.05, 4.69) is 20.3 Å². The van der Waals surface area contributed by atoms with Crippen LogP contribution >= 0.6 is 11.3 Å². The van der Waals surface area contributed by atoms with Crippen molar-refractivity contribution in [2.75, 3.05) is 0 Å². The number of esters is 1. The Morgan fingerprint density at radius 2 is 2.06 bits per heavy atom. The quantitative estimate of drug-likeness (QED) is 0.424. The van der Waals surface area contributed by atoms with Gasteiger partial charge in [0.2, 0.25) is 0 Å². The van der Waals surface area contributed by atoms with Crippen molar-refractivity contribution in [3.63, 3.8) is 0 Å². The number of hydrogen-bond donors (Lipinski definition) is 1. The lowest BCUT2D eigenvalue weighted by Gasteiger charge is -2.05. The van der Waals surface area contributed by atoms with E-state index in [1.165, 1.54) is 30.7 Å². The average molecular weight is 434 g/mol. The van der Waals surface area contributed by atoms with Crippen LogP contribution in [-0.2, 0) is 4.79 Å². The van der Waals surface area contributed by atoms with Crippen LogP contribution in [0, 0.1) is 12.7 Å². The monoisotopic (exact) mass is 434 g/mol. The van der Waals surface area contributed by atoms with E-state index in [9.17, 15) is 9.18 Å². The number of nitrogens with zero attached hydrogens (tertiary/aromatic N) is 5. The van der Waals surface area contributed by atoms with Crippen LogP contribution in [0.3, 0.4) is 0 Å². The zero-order chi connectivity index (χ0) is 21.5. The first-order chi connectivity index (χ1) is 15.0. The molecule has 0 aliphatic carbocycles. The minimum Gasteiger partial charge on any atom is -0.424 e. The summed E-state index contributed by atoms with van der Waals surface area (Å²) in [6, 6.07) is 9.87. The van der Waals surface area contributed by atoms with Crippen LogP contribution in [-0.4, -0.2) is 35.7 Å². The molecule has 5 aromatic rings. The number of aryl methyl sites for hydroxylation is 1. The summed E-state index contributed by atoms with van der Waals surface area (Å²) in [6.07, 6.45) is 3.15. The van der Waals surface area contributed by atoms with Crippen molar-refractivity contribution < 1.29 is 13.9 Å². The highest BCUT2D eigenvalue weighted by Gasteiger charge is 2.25. The molecule has 0 saturated carbocycles. The maximum atomic E-state index is 14.6. The summed E-state index contributed by atoms with van der Waals surface area (Å²) in [6.45, 7) is 3.19. The smallest absolute Gasteiger partial charge is 0.308 e. The summed E-state index contributed by atoms with van der Waals surface area (Å²) < 4.78 is 21.7. The molecule has 4 heterocycles. The van der Waals surface area contributed by atoms with Crippen molar-refractivity contribution in [3.8, 4) is 38.3 Å². The second-order valence-electron chi connectivity index (χ2n) is 6.73. The number of rotatable bonds is 4. The molecule has 0 unspecified atom stereocenters. The zero-order valence-corrected chi connectivity index (χ0v) is 17.3. The third kappa shape index (κ3) is 3.26. The minimum atomic E-state index is -0.438. The molecule has 0 amide bonds. The highest BCUT2D eigenvalue weighted by atomic mass is 32.1. The zero-order valence-electron chi connectivity index (χ0n) is 16.5. The molecule has 0 atom stereocenters. The van der Waals surface area contributed by atoms with E-state index in [0.29, 0.717) is 49.5 Å². The Bertz CT molecular complexity index is 1420. The van der Waals surface area contributed by atoms with Crippen molar-refractivity contribution in [3.05, 3.63) is 60.4 Å². The van der Waals surface area contributed by atoms with Crippen LogP contribution in [0.5, 0.6) is 5.75 Å². The lowest BCUT2D eigenvalue weighted by Crippen LogP contribution is -2.03. The van der Waals surface area contributed by atoms with E-state index < -0.39 is 11.8 Å². The number of ether oxygens (including phenoxy) is 1. The molecule has 31 heavy (non-hydrogen) atoms. The molecule has 0 spiro atoms. The number of nitrogens with one attached hydrogen (secondary N) is 1. The van der Waals surface area contributed by atoms with Gasteiger partial charge in [0.15, 0.2) is 11.6 Å². The fourth-order valence-corrected chi connectivity index (χ4v) is 4.54. The maximum Gasteiger partial charge on any atom is 0.308 e. The van der Waals surface area contributed by atoms with E-state index in [-0.39, 0.29) is 0 Å². The third-order valence-electron chi connectivity index (χ3n) is 4.65. The highest BCUT2D eigenvalue weighted by Crippen LogP contribution is 2.43. The number of carbonyl (C=O) groups is 1. The van der Waals surface area contributed by atoms with Gasteiger partial charge in [0, 0.05) is 18.7 Å². The SMILES string of the molecule is CC(=O)Oc1cccn2nc(C)c(-c3nc(-c4ccccc4F)c(-c4ncn[nH]4)s3)c12. The van der Waals surface area contributed by atoms with Crippen LogP contribution < -0.4 is 4.74 Å². The Hall–Kier alpha value is -3.92. The van der Waals surface area contributed by atoms with Crippen LogP contribution in [0.15, 0.2) is 48.9 Å². The first-order valence-corrected chi connectivity index (χ1v) is 10.1. The fraction of sp³-hybridized carbons (Fsp3) is 0.0952. The number of benzene rings is 1. The predicted molar refractivity (Wildman–Crippen MR) is 113 cm³/mol. The van der Waals surface area contributed by atoms with Gasteiger partial charge in [-0.15, -0.1) is 11.3 Å². The number of halogens is 1. The lowest BCUT2D eigenvalue weighted by molar-refractivity contribution is -0.131. The third-order valence-corrected chi connectivity index (χ3v) is 5.73. The second kappa shape index (κ2) is 7.40. The molecular weight excluding hydrogens is 419 g/mol. The van der Waals surface area contributed by atoms with Gasteiger partial charge in [0.25, 0.3) is 0 Å². The number of thiazole rings is 1. The number of carbonyl (C=O) groups excluding carboxylic acids is 1. The molecule has 0 aliphatic rings. The standard InChI is InChI=1S/C21H15FN6O2S/c1-11-16(18-15(30-12(2)29)8-5-9-28(18)27-11)21-25-17(13-6-3-4-7-14(13)22)19(31-21)20-23-10-24-26-20/h3-10H,1-2H3,(H,23,24,26). The second-order valence-corrected chi connectivity index (χ2v) is 7.73. The van der Waals surface area contributed by atoms with Crippen molar-refractivity contribution in [2.24, 2.45) is 0 Å².